The van der Waals surface area contributed by atoms with Gasteiger partial charge in [-0.15, -0.1) is 0 Å². The lowest BCUT2D eigenvalue weighted by Gasteiger charge is -2.31. The van der Waals surface area contributed by atoms with Crippen molar-refractivity contribution < 1.29 is 20.7 Å². The molecule has 0 spiro atoms. The smallest absolute Gasteiger partial charge is 0.236 e. The van der Waals surface area contributed by atoms with Crippen LogP contribution in [0.3, 0.4) is 0 Å². The van der Waals surface area contributed by atoms with Crippen LogP contribution in [0.2, 0.25) is 0 Å². The Morgan fingerprint density at radius 2 is 1.27 bits per heavy atom. The molecule has 0 aliphatic carbocycles. The summed E-state index contributed by atoms with van der Waals surface area (Å²) in [6.45, 7) is 3.37. The largest absolute Gasteiger partial charge is 0.497 e. The Hall–Kier alpha value is -5.19. The molecule has 10 nitrogen and oxygen atoms in total. The summed E-state index contributed by atoms with van der Waals surface area (Å²) in [5, 5.41) is 0. The lowest BCUT2D eigenvalue weighted by Crippen LogP contribution is -2.37. The second kappa shape index (κ2) is 12.4. The number of halogens is 1. The molecule has 6 heterocycles. The van der Waals surface area contributed by atoms with Gasteiger partial charge in [-0.05, 0) is 79.9 Å². The Balaban J connectivity index is 0.000000157. The third-order valence-electron chi connectivity index (χ3n) is 8.03. The van der Waals surface area contributed by atoms with Gasteiger partial charge in [-0.2, -0.15) is 9.97 Å². The molecule has 2 aliphatic rings. The van der Waals surface area contributed by atoms with E-state index in [1.165, 1.54) is 13.5 Å². The number of ether oxygens (including phenoxy) is 2. The molecular formula is C34H35FN8O2. The zero-order valence-electron chi connectivity index (χ0n) is 29.7. The minimum absolute atomic E-state index is 0.183. The van der Waals surface area contributed by atoms with Crippen molar-refractivity contribution in [2.45, 2.75) is 25.4 Å². The molecule has 2 aromatic carbocycles. The number of nitrogens with zero attached hydrogens (tertiary/aromatic N) is 8. The van der Waals surface area contributed by atoms with Gasteiger partial charge in [-0.25, -0.2) is 14.4 Å². The summed E-state index contributed by atoms with van der Waals surface area (Å²) in [6.07, 6.45) is 8.99. The first-order chi connectivity index (χ1) is 24.0. The third-order valence-corrected chi connectivity index (χ3v) is 8.03. The van der Waals surface area contributed by atoms with Crippen molar-refractivity contribution in [3.8, 4) is 34.0 Å². The molecule has 0 bridgehead atoms. The minimum atomic E-state index is -2.44. The average molecular weight is 617 g/mol. The monoisotopic (exact) mass is 616 g/mol. The molecule has 45 heavy (non-hydrogen) atoms. The van der Waals surface area contributed by atoms with Gasteiger partial charge < -0.3 is 19.3 Å². The quantitative estimate of drug-likeness (QED) is 0.227. The van der Waals surface area contributed by atoms with Crippen molar-refractivity contribution in [2.75, 3.05) is 50.1 Å². The van der Waals surface area contributed by atoms with E-state index in [-0.39, 0.29) is 12.1 Å². The van der Waals surface area contributed by atoms with E-state index in [0.29, 0.717) is 60.2 Å². The molecule has 0 radical (unpaired) electrons. The van der Waals surface area contributed by atoms with Gasteiger partial charge in [-0.3, -0.25) is 8.80 Å². The van der Waals surface area contributed by atoms with Gasteiger partial charge in [0.05, 0.1) is 32.4 Å². The fourth-order valence-electron chi connectivity index (χ4n) is 5.29. The van der Waals surface area contributed by atoms with E-state index in [1.54, 1.807) is 47.0 Å². The molecule has 2 fully saturated rings. The summed E-state index contributed by atoms with van der Waals surface area (Å²) in [7, 11) is -0.933. The van der Waals surface area contributed by atoms with Crippen molar-refractivity contribution in [1.82, 2.24) is 28.7 Å². The van der Waals surface area contributed by atoms with Crippen LogP contribution in [0.1, 0.15) is 26.1 Å². The Bertz CT molecular complexity index is 2100. The summed E-state index contributed by atoms with van der Waals surface area (Å²) in [5.41, 5.74) is 2.62. The summed E-state index contributed by atoms with van der Waals surface area (Å²) >= 11 is 0. The minimum Gasteiger partial charge on any atom is -0.497 e. The number of hydrogen-bond donors (Lipinski definition) is 0. The van der Waals surface area contributed by atoms with E-state index in [9.17, 15) is 4.39 Å². The summed E-state index contributed by atoms with van der Waals surface area (Å²) in [4.78, 5) is 22.5. The number of aromatic nitrogens is 6. The standard InChI is InChI=1S/C18H19FN4O.C16H16N4O/c1-24-15-4-2-13(3-5-15)16-12-23-11-8-17(21-18(23)20-16)22-9-6-14(19)7-10-22;1-21-13-5-3-12(4-6-13)14-11-20-10-7-15(18-16(20)17-14)19-8-2-9-19/h2-5,8,11-12,14H,6-7,9-10H2,1H3;3-7,10-11H,2,8-9H2,1H3/i2T,3T;1T3. The highest BCUT2D eigenvalue weighted by molar-refractivity contribution is 5.64. The molecule has 2 aliphatic heterocycles. The molecule has 0 N–H and O–H groups in total. The number of alkyl halides is 1. The topological polar surface area (TPSA) is 85.3 Å². The molecule has 0 amide bonds. The van der Waals surface area contributed by atoms with Crippen molar-refractivity contribution in [3.05, 3.63) is 85.4 Å². The average Bonchev–Trinajstić information content (AvgIpc) is 3.67. The molecule has 0 unspecified atom stereocenters. The molecule has 11 heteroatoms. The van der Waals surface area contributed by atoms with Crippen LogP contribution in [0, 0.1) is 0 Å². The first-order valence-corrected chi connectivity index (χ1v) is 14.8. The highest BCUT2D eigenvalue weighted by Crippen LogP contribution is 2.25. The Labute approximate surface area is 267 Å². The van der Waals surface area contributed by atoms with Crippen molar-refractivity contribution in [1.29, 1.82) is 0 Å². The van der Waals surface area contributed by atoms with E-state index >= 15 is 0 Å². The normalized spacial score (nSPS) is 17.0. The third kappa shape index (κ3) is 6.11. The number of rotatable bonds is 6. The van der Waals surface area contributed by atoms with Gasteiger partial charge >= 0.3 is 0 Å². The van der Waals surface area contributed by atoms with Gasteiger partial charge in [0.25, 0.3) is 0 Å². The van der Waals surface area contributed by atoms with Gasteiger partial charge in [0.1, 0.15) is 29.3 Å². The number of anilines is 2. The van der Waals surface area contributed by atoms with Crippen LogP contribution in [0.15, 0.2) is 85.4 Å². The maximum absolute atomic E-state index is 13.3. The highest BCUT2D eigenvalue weighted by atomic mass is 19.1. The van der Waals surface area contributed by atoms with Crippen molar-refractivity contribution >= 4 is 23.2 Å². The second-order valence-electron chi connectivity index (χ2n) is 10.9. The van der Waals surface area contributed by atoms with E-state index < -0.39 is 13.2 Å². The van der Waals surface area contributed by atoms with E-state index in [1.807, 2.05) is 35.1 Å². The predicted octanol–water partition coefficient (Wildman–Crippen LogP) is 5.96. The Morgan fingerprint density at radius 1 is 0.711 bits per heavy atom. The molecular weight excluding hydrogens is 571 g/mol. The van der Waals surface area contributed by atoms with Gasteiger partial charge in [-0.1, -0.05) is 0 Å². The first-order valence-electron chi connectivity index (χ1n) is 17.3. The Kier molecular flexibility index (Phi) is 6.42. The fraction of sp³-hybridized carbons (Fsp3) is 0.294. The molecule has 0 atom stereocenters. The molecule has 8 rings (SSSR count). The summed E-state index contributed by atoms with van der Waals surface area (Å²) in [5.74, 6) is 3.65. The maximum atomic E-state index is 13.3. The van der Waals surface area contributed by atoms with Crippen LogP contribution >= 0.6 is 0 Å². The van der Waals surface area contributed by atoms with Crippen LogP contribution in [0.4, 0.5) is 16.0 Å². The summed E-state index contributed by atoms with van der Waals surface area (Å²) < 4.78 is 64.7. The number of imidazole rings is 2. The van der Waals surface area contributed by atoms with Crippen LogP contribution in [0.5, 0.6) is 11.5 Å². The van der Waals surface area contributed by atoms with E-state index in [2.05, 4.69) is 29.7 Å². The van der Waals surface area contributed by atoms with Gasteiger partial charge in [0.15, 0.2) is 0 Å². The van der Waals surface area contributed by atoms with Crippen LogP contribution < -0.4 is 19.3 Å². The number of piperidine rings is 1. The molecule has 4 aromatic heterocycles. The zero-order valence-corrected chi connectivity index (χ0v) is 24.7. The van der Waals surface area contributed by atoms with Gasteiger partial charge in [0.2, 0.25) is 11.6 Å². The number of benzene rings is 2. The fourth-order valence-corrected chi connectivity index (χ4v) is 5.29. The highest BCUT2D eigenvalue weighted by Gasteiger charge is 2.20. The van der Waals surface area contributed by atoms with E-state index in [0.717, 1.165) is 36.0 Å². The predicted molar refractivity (Wildman–Crippen MR) is 173 cm³/mol. The first kappa shape index (κ1) is 23.2. The van der Waals surface area contributed by atoms with Gasteiger partial charge in [0, 0.05) is 62.1 Å². The number of hydrogen-bond acceptors (Lipinski definition) is 8. The van der Waals surface area contributed by atoms with Crippen LogP contribution in [-0.2, 0) is 0 Å². The second-order valence-corrected chi connectivity index (χ2v) is 10.9. The summed E-state index contributed by atoms with van der Waals surface area (Å²) in [6, 6.07) is 14.2. The number of methoxy groups -OCH3 is 2. The molecule has 0 saturated carbocycles. The SMILES string of the molecule is [3H]C([3H])([3H])Oc1ccc(-c2cn3ccc(N4CCC4)nc3n2)cc1.[3H]c1cc(OC)cc([3H])c1-c1cn2ccc(N3CCC(F)CC3)nc2n1. The van der Waals surface area contributed by atoms with Crippen LogP contribution in [0.25, 0.3) is 34.1 Å². The molecule has 6 aromatic rings. The lowest BCUT2D eigenvalue weighted by atomic mass is 10.1. The number of fused-ring (bicyclic) bond motifs is 2. The van der Waals surface area contributed by atoms with Crippen molar-refractivity contribution in [2.24, 2.45) is 0 Å². The Morgan fingerprint density at radius 3 is 1.80 bits per heavy atom. The van der Waals surface area contributed by atoms with Crippen LogP contribution in [-0.4, -0.2) is 75.2 Å². The maximum Gasteiger partial charge on any atom is 0.236 e. The zero-order chi connectivity index (χ0) is 35.0. The van der Waals surface area contributed by atoms with Crippen molar-refractivity contribution in [3.63, 3.8) is 0 Å². The lowest BCUT2D eigenvalue weighted by molar-refractivity contribution is 0.277. The van der Waals surface area contributed by atoms with E-state index in [4.69, 9.17) is 16.3 Å². The molecule has 230 valence electrons. The molecule has 2 saturated heterocycles.